The minimum atomic E-state index is -0.340. The van der Waals surface area contributed by atoms with Gasteiger partial charge in [0, 0.05) is 17.7 Å². The molecular weight excluding hydrogens is 291 g/mol. The zero-order chi connectivity index (χ0) is 16.7. The summed E-state index contributed by atoms with van der Waals surface area (Å²) in [5.41, 5.74) is 2.82. The summed E-state index contributed by atoms with van der Waals surface area (Å²) < 4.78 is 12.8. The van der Waals surface area contributed by atoms with Crippen LogP contribution in [0.5, 0.6) is 0 Å². The highest BCUT2D eigenvalue weighted by molar-refractivity contribution is 5.94. The molecule has 1 amide bonds. The number of halogens is 1. The van der Waals surface area contributed by atoms with Crippen molar-refractivity contribution >= 4 is 5.91 Å². The molecule has 0 saturated carbocycles. The van der Waals surface area contributed by atoms with Gasteiger partial charge in [-0.1, -0.05) is 24.3 Å². The predicted octanol–water partition coefficient (Wildman–Crippen LogP) is 2.18. The molecule has 0 unspecified atom stereocenters. The summed E-state index contributed by atoms with van der Waals surface area (Å²) in [4.78, 5) is 13.5. The van der Waals surface area contributed by atoms with E-state index in [1.807, 2.05) is 12.1 Å². The van der Waals surface area contributed by atoms with Gasteiger partial charge in [-0.05, 0) is 43.7 Å². The molecule has 0 heterocycles. The largest absolute Gasteiger partial charge is 0.348 e. The second kappa shape index (κ2) is 8.44. The average Bonchev–Trinajstić information content (AvgIpc) is 2.59. The number of amides is 1. The van der Waals surface area contributed by atoms with Crippen LogP contribution in [0.3, 0.4) is 0 Å². The van der Waals surface area contributed by atoms with E-state index in [0.717, 1.165) is 25.2 Å². The third-order valence-electron chi connectivity index (χ3n) is 4.04. The van der Waals surface area contributed by atoms with Gasteiger partial charge in [-0.3, -0.25) is 4.79 Å². The minimum Gasteiger partial charge on any atom is -0.348 e. The van der Waals surface area contributed by atoms with Gasteiger partial charge in [-0.25, -0.2) is 4.39 Å². The van der Waals surface area contributed by atoms with Gasteiger partial charge in [0.2, 0.25) is 0 Å². The smallest absolute Gasteiger partial charge is 0.251 e. The van der Waals surface area contributed by atoms with Crippen LogP contribution in [-0.2, 0) is 13.1 Å². The summed E-state index contributed by atoms with van der Waals surface area (Å²) in [6, 6.07) is 13.9. The summed E-state index contributed by atoms with van der Waals surface area (Å²) in [7, 11) is 0. The molecule has 2 aromatic carbocycles. The molecule has 0 saturated heterocycles. The fourth-order valence-corrected chi connectivity index (χ4v) is 2.45. The van der Waals surface area contributed by atoms with Gasteiger partial charge in [0.25, 0.3) is 5.91 Å². The lowest BCUT2D eigenvalue weighted by atomic mass is 10.1. The summed E-state index contributed by atoms with van der Waals surface area (Å²) >= 11 is 0. The van der Waals surface area contributed by atoms with Gasteiger partial charge in [-0.2, -0.15) is 0 Å². The molecule has 4 heteroatoms. The standard InChI is InChI=1S/C19H23FN2O/c1-3-22(4-2)14-16-7-5-15(6-8-16)13-21-19(23)17-9-11-18(20)12-10-17/h5-12H,3-4,13-14H2,1-2H3,(H,21,23)/p+1. The van der Waals surface area contributed by atoms with Crippen LogP contribution in [0.2, 0.25) is 0 Å². The molecule has 0 bridgehead atoms. The second-order valence-corrected chi connectivity index (χ2v) is 5.64. The molecule has 2 aromatic rings. The Morgan fingerprint density at radius 2 is 1.52 bits per heavy atom. The first-order valence-electron chi connectivity index (χ1n) is 8.07. The Labute approximate surface area is 137 Å². The minimum absolute atomic E-state index is 0.193. The van der Waals surface area contributed by atoms with Crippen LogP contribution in [0.4, 0.5) is 4.39 Å². The maximum absolute atomic E-state index is 12.8. The highest BCUT2D eigenvalue weighted by Gasteiger charge is 2.06. The van der Waals surface area contributed by atoms with Gasteiger partial charge < -0.3 is 10.2 Å². The summed E-state index contributed by atoms with van der Waals surface area (Å²) in [6.07, 6.45) is 0. The van der Waals surface area contributed by atoms with Crippen LogP contribution in [0.15, 0.2) is 48.5 Å². The number of rotatable bonds is 7. The van der Waals surface area contributed by atoms with Crippen molar-refractivity contribution in [2.75, 3.05) is 13.1 Å². The van der Waals surface area contributed by atoms with E-state index in [-0.39, 0.29) is 11.7 Å². The number of carbonyl (C=O) groups is 1. The number of nitrogens with one attached hydrogen (secondary N) is 2. The van der Waals surface area contributed by atoms with Crippen LogP contribution in [0, 0.1) is 5.82 Å². The van der Waals surface area contributed by atoms with Crippen molar-refractivity contribution in [3.8, 4) is 0 Å². The molecule has 2 N–H and O–H groups in total. The van der Waals surface area contributed by atoms with Gasteiger partial charge in [0.05, 0.1) is 13.1 Å². The molecule has 0 aliphatic rings. The van der Waals surface area contributed by atoms with Gasteiger partial charge in [0.1, 0.15) is 12.4 Å². The zero-order valence-corrected chi connectivity index (χ0v) is 13.7. The van der Waals surface area contributed by atoms with Crippen LogP contribution in [0.1, 0.15) is 35.3 Å². The average molecular weight is 315 g/mol. The zero-order valence-electron chi connectivity index (χ0n) is 13.7. The van der Waals surface area contributed by atoms with Crippen molar-refractivity contribution in [3.05, 3.63) is 71.0 Å². The molecule has 0 fully saturated rings. The number of carbonyl (C=O) groups excluding carboxylic acids is 1. The van der Waals surface area contributed by atoms with Gasteiger partial charge in [-0.15, -0.1) is 0 Å². The van der Waals surface area contributed by atoms with Crippen molar-refractivity contribution in [2.45, 2.75) is 26.9 Å². The molecular formula is C19H24FN2O+. The van der Waals surface area contributed by atoms with Gasteiger partial charge >= 0.3 is 0 Å². The third-order valence-corrected chi connectivity index (χ3v) is 4.04. The topological polar surface area (TPSA) is 33.5 Å². The third kappa shape index (κ3) is 5.18. The van der Waals surface area contributed by atoms with Gasteiger partial charge in [0.15, 0.2) is 0 Å². The Morgan fingerprint density at radius 1 is 0.957 bits per heavy atom. The number of hydrogen-bond acceptors (Lipinski definition) is 1. The lowest BCUT2D eigenvalue weighted by molar-refractivity contribution is -0.910. The lowest BCUT2D eigenvalue weighted by Crippen LogP contribution is -3.10. The molecule has 122 valence electrons. The first-order valence-corrected chi connectivity index (χ1v) is 8.07. The van der Waals surface area contributed by atoms with Crippen molar-refractivity contribution in [3.63, 3.8) is 0 Å². The fourth-order valence-electron chi connectivity index (χ4n) is 2.45. The molecule has 0 aliphatic heterocycles. The molecule has 0 aromatic heterocycles. The van der Waals surface area contributed by atoms with Crippen molar-refractivity contribution in [2.24, 2.45) is 0 Å². The first-order chi connectivity index (χ1) is 11.1. The molecule has 23 heavy (non-hydrogen) atoms. The molecule has 3 nitrogen and oxygen atoms in total. The normalized spacial score (nSPS) is 10.8. The fraction of sp³-hybridized carbons (Fsp3) is 0.316. The Morgan fingerprint density at radius 3 is 2.09 bits per heavy atom. The summed E-state index contributed by atoms with van der Waals surface area (Å²) in [5.74, 6) is -0.533. The quantitative estimate of drug-likeness (QED) is 0.807. The Kier molecular flexibility index (Phi) is 6.29. The highest BCUT2D eigenvalue weighted by Crippen LogP contribution is 2.05. The first kappa shape index (κ1) is 17.2. The SMILES string of the molecule is CC[NH+](CC)Cc1ccc(CNC(=O)c2ccc(F)cc2)cc1. The van der Waals surface area contributed by atoms with E-state index in [4.69, 9.17) is 0 Å². The van der Waals surface area contributed by atoms with E-state index in [0.29, 0.717) is 12.1 Å². The van der Waals surface area contributed by atoms with Crippen molar-refractivity contribution in [1.82, 2.24) is 5.32 Å². The van der Waals surface area contributed by atoms with E-state index < -0.39 is 0 Å². The Bertz CT molecular complexity index is 619. The van der Waals surface area contributed by atoms with E-state index in [1.165, 1.54) is 29.8 Å². The highest BCUT2D eigenvalue weighted by atomic mass is 19.1. The maximum Gasteiger partial charge on any atom is 0.251 e. The Hall–Kier alpha value is -2.20. The molecule has 0 radical (unpaired) electrons. The monoisotopic (exact) mass is 315 g/mol. The predicted molar refractivity (Wildman–Crippen MR) is 89.8 cm³/mol. The maximum atomic E-state index is 12.8. The molecule has 0 aliphatic carbocycles. The van der Waals surface area contributed by atoms with Crippen molar-refractivity contribution in [1.29, 1.82) is 0 Å². The van der Waals surface area contributed by atoms with E-state index in [2.05, 4.69) is 31.3 Å². The van der Waals surface area contributed by atoms with Crippen LogP contribution in [0.25, 0.3) is 0 Å². The summed E-state index contributed by atoms with van der Waals surface area (Å²) in [5, 5.41) is 2.85. The molecule has 0 spiro atoms. The summed E-state index contributed by atoms with van der Waals surface area (Å²) in [6.45, 7) is 8.11. The number of benzene rings is 2. The lowest BCUT2D eigenvalue weighted by Gasteiger charge is -2.15. The number of quaternary nitrogens is 1. The second-order valence-electron chi connectivity index (χ2n) is 5.64. The Balaban J connectivity index is 1.88. The van der Waals surface area contributed by atoms with Crippen molar-refractivity contribution < 1.29 is 14.1 Å². The van der Waals surface area contributed by atoms with Crippen LogP contribution >= 0.6 is 0 Å². The van der Waals surface area contributed by atoms with E-state index in [1.54, 1.807) is 4.90 Å². The number of hydrogen-bond donors (Lipinski definition) is 2. The molecule has 2 rings (SSSR count). The van der Waals surface area contributed by atoms with Crippen LogP contribution in [-0.4, -0.2) is 19.0 Å². The van der Waals surface area contributed by atoms with Crippen LogP contribution < -0.4 is 10.2 Å². The van der Waals surface area contributed by atoms with E-state index in [9.17, 15) is 9.18 Å². The molecule has 0 atom stereocenters. The van der Waals surface area contributed by atoms with E-state index >= 15 is 0 Å².